The Morgan fingerprint density at radius 2 is 1.73 bits per heavy atom. The van der Waals surface area contributed by atoms with Crippen LogP contribution in [0.2, 0.25) is 5.02 Å². The Bertz CT molecular complexity index is 939. The van der Waals surface area contributed by atoms with Crippen LogP contribution >= 0.6 is 11.6 Å². The number of halogens is 4. The van der Waals surface area contributed by atoms with Crippen molar-refractivity contribution in [2.45, 2.75) is 42.8 Å². The SMILES string of the molecule is CO[C@@]1(c2ccc(Cl)c(Cc3ccc(OCC(F)(F)F)cc3)c2)O[C@H](CO)[C@@H](O)[C@H](O)[C@H]1O. The second-order valence-electron chi connectivity index (χ2n) is 7.67. The normalized spacial score (nSPS) is 28.0. The smallest absolute Gasteiger partial charge is 0.422 e. The lowest BCUT2D eigenvalue weighted by atomic mass is 9.87. The van der Waals surface area contributed by atoms with E-state index in [2.05, 4.69) is 0 Å². The van der Waals surface area contributed by atoms with E-state index in [-0.39, 0.29) is 17.7 Å². The molecule has 0 aliphatic carbocycles. The molecule has 3 rings (SSSR count). The van der Waals surface area contributed by atoms with Crippen LogP contribution in [0.1, 0.15) is 16.7 Å². The van der Waals surface area contributed by atoms with Gasteiger partial charge in [-0.1, -0.05) is 29.8 Å². The first-order chi connectivity index (χ1) is 15.5. The van der Waals surface area contributed by atoms with E-state index < -0.39 is 49.6 Å². The van der Waals surface area contributed by atoms with E-state index in [1.807, 2.05) is 0 Å². The fraction of sp³-hybridized carbons (Fsp3) is 0.455. The standard InChI is InChI=1S/C22H24ClF3O7/c1-31-22(20(30)19(29)18(28)17(10-27)33-22)14-4-7-16(23)13(9-14)8-12-2-5-15(6-3-12)32-11-21(24,25)26/h2-7,9,17-20,27-30H,8,10-11H2,1H3/t17-,18-,19+,20-,22+/m1/s1. The molecule has 5 atom stereocenters. The van der Waals surface area contributed by atoms with Gasteiger partial charge in [0.05, 0.1) is 6.61 Å². The number of benzene rings is 2. The van der Waals surface area contributed by atoms with Gasteiger partial charge in [-0.15, -0.1) is 0 Å². The number of methoxy groups -OCH3 is 1. The van der Waals surface area contributed by atoms with E-state index in [9.17, 15) is 33.6 Å². The number of aliphatic hydroxyl groups excluding tert-OH is 4. The van der Waals surface area contributed by atoms with Gasteiger partial charge < -0.3 is 34.6 Å². The van der Waals surface area contributed by atoms with E-state index in [1.165, 1.54) is 31.4 Å². The van der Waals surface area contributed by atoms with Gasteiger partial charge in [0.1, 0.15) is 30.2 Å². The summed E-state index contributed by atoms with van der Waals surface area (Å²) in [5, 5.41) is 40.8. The molecule has 0 unspecified atom stereocenters. The van der Waals surface area contributed by atoms with Gasteiger partial charge in [-0.2, -0.15) is 13.2 Å². The lowest BCUT2D eigenvalue weighted by Gasteiger charge is -2.47. The van der Waals surface area contributed by atoms with Crippen molar-refractivity contribution in [1.29, 1.82) is 0 Å². The van der Waals surface area contributed by atoms with Gasteiger partial charge in [-0.25, -0.2) is 0 Å². The highest BCUT2D eigenvalue weighted by Crippen LogP contribution is 2.40. The van der Waals surface area contributed by atoms with E-state index in [1.54, 1.807) is 18.2 Å². The quantitative estimate of drug-likeness (QED) is 0.469. The van der Waals surface area contributed by atoms with Gasteiger partial charge in [0.15, 0.2) is 6.61 Å². The average Bonchev–Trinajstić information content (AvgIpc) is 2.79. The number of ether oxygens (including phenoxy) is 3. The molecule has 7 nitrogen and oxygen atoms in total. The molecular weight excluding hydrogens is 469 g/mol. The van der Waals surface area contributed by atoms with Gasteiger partial charge in [-0.3, -0.25) is 0 Å². The highest BCUT2D eigenvalue weighted by molar-refractivity contribution is 6.31. The molecule has 0 bridgehead atoms. The second-order valence-corrected chi connectivity index (χ2v) is 8.07. The highest BCUT2D eigenvalue weighted by atomic mass is 35.5. The molecule has 1 saturated heterocycles. The molecule has 0 aromatic heterocycles. The van der Waals surface area contributed by atoms with E-state index >= 15 is 0 Å². The Balaban J connectivity index is 1.86. The summed E-state index contributed by atoms with van der Waals surface area (Å²) in [6, 6.07) is 10.6. The second kappa shape index (κ2) is 10.1. The molecule has 11 heteroatoms. The summed E-state index contributed by atoms with van der Waals surface area (Å²) < 4.78 is 52.7. The third-order valence-corrected chi connectivity index (χ3v) is 5.79. The van der Waals surface area contributed by atoms with Crippen LogP contribution in [0.5, 0.6) is 5.75 Å². The van der Waals surface area contributed by atoms with Crippen molar-refractivity contribution in [2.24, 2.45) is 0 Å². The van der Waals surface area contributed by atoms with Crippen LogP contribution in [-0.4, -0.2) is 71.3 Å². The lowest BCUT2D eigenvalue weighted by molar-refractivity contribution is -0.366. The lowest BCUT2D eigenvalue weighted by Crippen LogP contribution is -2.64. The molecule has 2 aromatic carbocycles. The van der Waals surface area contributed by atoms with Crippen molar-refractivity contribution in [2.75, 3.05) is 20.3 Å². The molecule has 2 aromatic rings. The summed E-state index contributed by atoms with van der Waals surface area (Å²) in [4.78, 5) is 0. The predicted octanol–water partition coefficient (Wildman–Crippen LogP) is 2.14. The monoisotopic (exact) mass is 492 g/mol. The summed E-state index contributed by atoms with van der Waals surface area (Å²) in [6.07, 6.45) is -10.2. The maximum Gasteiger partial charge on any atom is 0.422 e. The fourth-order valence-corrected chi connectivity index (χ4v) is 3.87. The zero-order chi connectivity index (χ0) is 24.4. The van der Waals surface area contributed by atoms with Crippen LogP contribution in [0.3, 0.4) is 0 Å². The summed E-state index contributed by atoms with van der Waals surface area (Å²) in [6.45, 7) is -2.02. The summed E-state index contributed by atoms with van der Waals surface area (Å²) in [5.74, 6) is -1.82. The fourth-order valence-electron chi connectivity index (χ4n) is 3.68. The minimum absolute atomic E-state index is 0.0653. The molecule has 1 aliphatic rings. The molecule has 0 saturated carbocycles. The first-order valence-corrected chi connectivity index (χ1v) is 10.3. The Morgan fingerprint density at radius 3 is 2.30 bits per heavy atom. The molecule has 0 radical (unpaired) electrons. The van der Waals surface area contributed by atoms with Crippen molar-refractivity contribution in [3.8, 4) is 5.75 Å². The van der Waals surface area contributed by atoms with Crippen molar-refractivity contribution in [1.82, 2.24) is 0 Å². The molecule has 1 aliphatic heterocycles. The molecule has 0 spiro atoms. The number of alkyl halides is 3. The van der Waals surface area contributed by atoms with Crippen LogP contribution in [0.4, 0.5) is 13.2 Å². The summed E-state index contributed by atoms with van der Waals surface area (Å²) in [7, 11) is 1.25. The summed E-state index contributed by atoms with van der Waals surface area (Å²) >= 11 is 6.33. The minimum atomic E-state index is -4.44. The zero-order valence-electron chi connectivity index (χ0n) is 17.5. The van der Waals surface area contributed by atoms with Gasteiger partial charge >= 0.3 is 6.18 Å². The van der Waals surface area contributed by atoms with Crippen molar-refractivity contribution < 1.29 is 47.8 Å². The first kappa shape index (κ1) is 25.7. The van der Waals surface area contributed by atoms with Crippen molar-refractivity contribution >= 4 is 11.6 Å². The van der Waals surface area contributed by atoms with Crippen molar-refractivity contribution in [3.05, 3.63) is 64.2 Å². The summed E-state index contributed by atoms with van der Waals surface area (Å²) in [5.41, 5.74) is 1.58. The minimum Gasteiger partial charge on any atom is -0.484 e. The van der Waals surface area contributed by atoms with Crippen LogP contribution in [-0.2, 0) is 21.7 Å². The van der Waals surface area contributed by atoms with E-state index in [0.717, 1.165) is 0 Å². The Morgan fingerprint density at radius 1 is 1.06 bits per heavy atom. The third kappa shape index (κ3) is 5.60. The Labute approximate surface area is 192 Å². The van der Waals surface area contributed by atoms with Crippen molar-refractivity contribution in [3.63, 3.8) is 0 Å². The maximum atomic E-state index is 12.3. The van der Waals surface area contributed by atoms with Crippen LogP contribution in [0.25, 0.3) is 0 Å². The zero-order valence-corrected chi connectivity index (χ0v) is 18.3. The van der Waals surface area contributed by atoms with Crippen LogP contribution < -0.4 is 4.74 Å². The van der Waals surface area contributed by atoms with Gasteiger partial charge in [0.2, 0.25) is 5.79 Å². The number of hydrogen-bond donors (Lipinski definition) is 4. The first-order valence-electron chi connectivity index (χ1n) is 9.96. The van der Waals surface area contributed by atoms with Crippen LogP contribution in [0, 0.1) is 0 Å². The predicted molar refractivity (Wildman–Crippen MR) is 111 cm³/mol. The van der Waals surface area contributed by atoms with Gasteiger partial charge in [0.25, 0.3) is 0 Å². The molecule has 0 amide bonds. The molecule has 182 valence electrons. The third-order valence-electron chi connectivity index (χ3n) is 5.42. The molecule has 1 fully saturated rings. The number of rotatable bonds is 7. The molecule has 1 heterocycles. The number of hydrogen-bond acceptors (Lipinski definition) is 7. The molecule has 4 N–H and O–H groups in total. The van der Waals surface area contributed by atoms with E-state index in [0.29, 0.717) is 16.1 Å². The molecular formula is C22H24ClF3O7. The van der Waals surface area contributed by atoms with Gasteiger partial charge in [0, 0.05) is 17.7 Å². The Hall–Kier alpha value is -1.92. The number of aliphatic hydroxyl groups is 4. The molecule has 33 heavy (non-hydrogen) atoms. The highest BCUT2D eigenvalue weighted by Gasteiger charge is 2.55. The van der Waals surface area contributed by atoms with Crippen LogP contribution in [0.15, 0.2) is 42.5 Å². The van der Waals surface area contributed by atoms with E-state index in [4.69, 9.17) is 25.8 Å². The largest absolute Gasteiger partial charge is 0.484 e. The van der Waals surface area contributed by atoms with Gasteiger partial charge in [-0.05, 0) is 41.8 Å². The Kier molecular flexibility index (Phi) is 7.90. The topological polar surface area (TPSA) is 109 Å². The average molecular weight is 493 g/mol. The maximum absolute atomic E-state index is 12.3.